The van der Waals surface area contributed by atoms with Crippen LogP contribution in [0.5, 0.6) is 0 Å². The van der Waals surface area contributed by atoms with Crippen LogP contribution in [0.2, 0.25) is 0 Å². The Hall–Kier alpha value is -2.89. The molecule has 4 rings (SSSR count). The Morgan fingerprint density at radius 3 is 2.47 bits per heavy atom. The van der Waals surface area contributed by atoms with Crippen LogP contribution in [0.3, 0.4) is 0 Å². The van der Waals surface area contributed by atoms with Crippen LogP contribution in [0.4, 0.5) is 0 Å². The van der Waals surface area contributed by atoms with Crippen molar-refractivity contribution in [2.75, 3.05) is 26.4 Å². The summed E-state index contributed by atoms with van der Waals surface area (Å²) in [6, 6.07) is 1.94. The molecule has 2 saturated heterocycles. The van der Waals surface area contributed by atoms with Gasteiger partial charge in [-0.25, -0.2) is 4.79 Å². The average molecular weight is 440 g/mol. The fraction of sp³-hybridized carbons (Fsp3) is 0.542. The quantitative estimate of drug-likeness (QED) is 0.475. The standard InChI is InChI=1S/C24H28N2O6/c1-5-15-19(21(27)29-7-3)17-11-14(23-31-9-10-32-23)12-18-20(22(28)30-8-4)16(6-2)24(15,13-25)26(17)18/h5-6,11,17,19,23H,7-10,12H2,1-4H3/b15-5+,16-6+. The lowest BCUT2D eigenvalue weighted by atomic mass is 9.78. The van der Waals surface area contributed by atoms with Crippen molar-refractivity contribution in [2.45, 2.75) is 52.0 Å². The van der Waals surface area contributed by atoms with Crippen molar-refractivity contribution in [1.29, 1.82) is 5.26 Å². The third-order valence-electron chi connectivity index (χ3n) is 6.45. The summed E-state index contributed by atoms with van der Waals surface area (Å²) in [5, 5.41) is 10.5. The molecule has 170 valence electrons. The molecule has 8 heteroatoms. The summed E-state index contributed by atoms with van der Waals surface area (Å²) in [7, 11) is 0. The zero-order valence-electron chi connectivity index (χ0n) is 18.8. The Bertz CT molecular complexity index is 994. The second kappa shape index (κ2) is 8.57. The molecule has 4 aliphatic heterocycles. The normalized spacial score (nSPS) is 31.7. The highest BCUT2D eigenvalue weighted by molar-refractivity contribution is 5.99. The molecular formula is C24H28N2O6. The number of nitrogens with zero attached hydrogens (tertiary/aromatic N) is 2. The van der Waals surface area contributed by atoms with Gasteiger partial charge >= 0.3 is 11.9 Å². The second-order valence-corrected chi connectivity index (χ2v) is 7.89. The Balaban J connectivity index is 1.97. The van der Waals surface area contributed by atoms with Crippen LogP contribution in [0.15, 0.2) is 46.2 Å². The van der Waals surface area contributed by atoms with Gasteiger partial charge in [-0.05, 0) is 38.8 Å². The number of hydrogen-bond acceptors (Lipinski definition) is 8. The average Bonchev–Trinajstić information content (AvgIpc) is 3.48. The highest BCUT2D eigenvalue weighted by Crippen LogP contribution is 2.59. The molecule has 0 saturated carbocycles. The van der Waals surface area contributed by atoms with Gasteiger partial charge in [0.25, 0.3) is 0 Å². The molecule has 3 unspecified atom stereocenters. The SMILES string of the molecule is C/C=C1\C(C(=O)OCC)=C2CC(C3OCCO3)=CC3C(C(=O)OCC)/C(=C\C)C1(C#N)N23. The summed E-state index contributed by atoms with van der Waals surface area (Å²) in [5.74, 6) is -1.56. The van der Waals surface area contributed by atoms with Crippen molar-refractivity contribution in [2.24, 2.45) is 5.92 Å². The van der Waals surface area contributed by atoms with Crippen LogP contribution in [-0.4, -0.2) is 61.1 Å². The molecule has 2 fully saturated rings. The second-order valence-electron chi connectivity index (χ2n) is 7.89. The van der Waals surface area contributed by atoms with E-state index >= 15 is 0 Å². The maximum absolute atomic E-state index is 13.1. The summed E-state index contributed by atoms with van der Waals surface area (Å²) >= 11 is 0. The zero-order valence-corrected chi connectivity index (χ0v) is 18.8. The first-order chi connectivity index (χ1) is 15.5. The summed E-state index contributed by atoms with van der Waals surface area (Å²) in [4.78, 5) is 28.1. The van der Waals surface area contributed by atoms with Crippen LogP contribution in [-0.2, 0) is 28.5 Å². The smallest absolute Gasteiger partial charge is 0.340 e. The van der Waals surface area contributed by atoms with E-state index in [1.54, 1.807) is 32.9 Å². The van der Waals surface area contributed by atoms with Gasteiger partial charge in [0.05, 0.1) is 38.0 Å². The van der Waals surface area contributed by atoms with E-state index < -0.39 is 35.7 Å². The summed E-state index contributed by atoms with van der Waals surface area (Å²) in [6.07, 6.45) is 5.34. The molecule has 0 bridgehead atoms. The van der Waals surface area contributed by atoms with E-state index in [4.69, 9.17) is 18.9 Å². The molecular weight excluding hydrogens is 412 g/mol. The third kappa shape index (κ3) is 2.95. The molecule has 8 nitrogen and oxygen atoms in total. The minimum absolute atomic E-state index is 0.217. The zero-order chi connectivity index (χ0) is 23.0. The van der Waals surface area contributed by atoms with Gasteiger partial charge in [-0.3, -0.25) is 4.79 Å². The van der Waals surface area contributed by atoms with E-state index in [0.717, 1.165) is 5.57 Å². The molecule has 0 N–H and O–H groups in total. The van der Waals surface area contributed by atoms with Gasteiger partial charge in [0.2, 0.25) is 0 Å². The van der Waals surface area contributed by atoms with Gasteiger partial charge in [0.15, 0.2) is 11.8 Å². The van der Waals surface area contributed by atoms with Crippen molar-refractivity contribution in [3.05, 3.63) is 46.2 Å². The van der Waals surface area contributed by atoms with Gasteiger partial charge in [-0.15, -0.1) is 0 Å². The first-order valence-corrected chi connectivity index (χ1v) is 11.0. The van der Waals surface area contributed by atoms with Crippen LogP contribution in [0.1, 0.15) is 34.1 Å². The number of carbonyl (C=O) groups is 2. The van der Waals surface area contributed by atoms with Crippen molar-refractivity contribution in [3.63, 3.8) is 0 Å². The topological polar surface area (TPSA) is 98.1 Å². The Kier molecular flexibility index (Phi) is 5.97. The van der Waals surface area contributed by atoms with Crippen LogP contribution >= 0.6 is 0 Å². The molecule has 0 aliphatic carbocycles. The lowest BCUT2D eigenvalue weighted by molar-refractivity contribution is -0.147. The van der Waals surface area contributed by atoms with E-state index in [9.17, 15) is 14.9 Å². The lowest BCUT2D eigenvalue weighted by Gasteiger charge is -2.37. The predicted octanol–water partition coefficient (Wildman–Crippen LogP) is 2.54. The Labute approximate surface area is 187 Å². The first kappa shape index (κ1) is 22.3. The summed E-state index contributed by atoms with van der Waals surface area (Å²) < 4.78 is 22.3. The number of hydrogen-bond donors (Lipinski definition) is 0. The highest BCUT2D eigenvalue weighted by Gasteiger charge is 2.66. The Morgan fingerprint density at radius 1 is 1.22 bits per heavy atom. The molecule has 0 aromatic carbocycles. The predicted molar refractivity (Wildman–Crippen MR) is 114 cm³/mol. The number of nitriles is 1. The van der Waals surface area contributed by atoms with E-state index in [1.165, 1.54) is 0 Å². The number of carbonyl (C=O) groups excluding carboxylic acids is 2. The minimum atomic E-state index is -1.28. The molecule has 0 radical (unpaired) electrons. The van der Waals surface area contributed by atoms with Gasteiger partial charge in [-0.1, -0.05) is 18.2 Å². The molecule has 4 aliphatic rings. The van der Waals surface area contributed by atoms with Crippen molar-refractivity contribution >= 4 is 11.9 Å². The maximum atomic E-state index is 13.1. The molecule has 0 spiro atoms. The van der Waals surface area contributed by atoms with E-state index in [1.807, 2.05) is 17.9 Å². The summed E-state index contributed by atoms with van der Waals surface area (Å²) in [5.41, 5.74) is 1.75. The molecule has 32 heavy (non-hydrogen) atoms. The molecule has 3 atom stereocenters. The third-order valence-corrected chi connectivity index (χ3v) is 6.45. The molecule has 0 aromatic heterocycles. The number of rotatable bonds is 5. The van der Waals surface area contributed by atoms with Gasteiger partial charge < -0.3 is 23.8 Å². The largest absolute Gasteiger partial charge is 0.465 e. The van der Waals surface area contributed by atoms with Crippen molar-refractivity contribution in [3.8, 4) is 6.07 Å². The van der Waals surface area contributed by atoms with Crippen molar-refractivity contribution in [1.82, 2.24) is 4.90 Å². The number of allylic oxidation sites excluding steroid dienone is 3. The van der Waals surface area contributed by atoms with Crippen LogP contribution in [0.25, 0.3) is 0 Å². The van der Waals surface area contributed by atoms with E-state index in [2.05, 4.69) is 6.07 Å². The number of esters is 2. The minimum Gasteiger partial charge on any atom is -0.465 e. The number of ether oxygens (including phenoxy) is 4. The highest BCUT2D eigenvalue weighted by atomic mass is 16.7. The van der Waals surface area contributed by atoms with Crippen molar-refractivity contribution < 1.29 is 28.5 Å². The fourth-order valence-electron chi connectivity index (χ4n) is 5.45. The monoisotopic (exact) mass is 440 g/mol. The van der Waals surface area contributed by atoms with Gasteiger partial charge in [0, 0.05) is 17.7 Å². The maximum Gasteiger partial charge on any atom is 0.340 e. The molecule has 0 aromatic rings. The lowest BCUT2D eigenvalue weighted by Crippen LogP contribution is -2.45. The van der Waals surface area contributed by atoms with Crippen LogP contribution in [0, 0.1) is 17.2 Å². The first-order valence-electron chi connectivity index (χ1n) is 11.0. The fourth-order valence-corrected chi connectivity index (χ4v) is 5.45. The van der Waals surface area contributed by atoms with Crippen LogP contribution < -0.4 is 0 Å². The molecule has 4 heterocycles. The molecule has 0 amide bonds. The van der Waals surface area contributed by atoms with Gasteiger partial charge in [0.1, 0.15) is 12.0 Å². The van der Waals surface area contributed by atoms with E-state index in [0.29, 0.717) is 42.1 Å². The Morgan fingerprint density at radius 2 is 1.91 bits per heavy atom. The summed E-state index contributed by atoms with van der Waals surface area (Å²) in [6.45, 7) is 8.51. The van der Waals surface area contributed by atoms with Gasteiger partial charge in [-0.2, -0.15) is 5.26 Å². The van der Waals surface area contributed by atoms with E-state index in [-0.39, 0.29) is 13.2 Å².